The van der Waals surface area contributed by atoms with Gasteiger partial charge in [0.25, 0.3) is 0 Å². The highest BCUT2D eigenvalue weighted by atomic mass is 35.5. The monoisotopic (exact) mass is 368 g/mol. The molecular weight excluding hydrogens is 348 g/mol. The molecule has 2 aromatic carbocycles. The molecule has 0 aliphatic carbocycles. The maximum Gasteiger partial charge on any atom is 0.248 e. The second-order valence-corrected chi connectivity index (χ2v) is 6.51. The Kier molecular flexibility index (Phi) is 6.04. The van der Waals surface area contributed by atoms with E-state index < -0.39 is 5.91 Å². The largest absolute Gasteiger partial charge is 0.366 e. The number of aryl methyl sites for hydroxylation is 1. The Hall–Kier alpha value is -2.63. The van der Waals surface area contributed by atoms with Gasteiger partial charge in [0.05, 0.1) is 12.2 Å². The Morgan fingerprint density at radius 2 is 1.96 bits per heavy atom. The van der Waals surface area contributed by atoms with Gasteiger partial charge in [0.2, 0.25) is 5.91 Å². The number of rotatable bonds is 8. The molecule has 4 N–H and O–H groups in total. The van der Waals surface area contributed by atoms with Gasteiger partial charge in [-0.2, -0.15) is 5.10 Å². The standard InChI is InChI=1S/C20H21ClN4O/c21-18-6-2-1-5-17(18)19(16-12-24-25-13-16)23-11-3-4-14-7-9-15(10-8-14)20(22)26/h1-2,5-10,12-13,19,23H,3-4,11H2,(H2,22,26)(H,24,25). The van der Waals surface area contributed by atoms with Gasteiger partial charge in [-0.15, -0.1) is 0 Å². The van der Waals surface area contributed by atoms with E-state index in [-0.39, 0.29) is 6.04 Å². The summed E-state index contributed by atoms with van der Waals surface area (Å²) in [6.07, 6.45) is 5.55. The molecule has 0 saturated heterocycles. The maximum atomic E-state index is 11.1. The van der Waals surface area contributed by atoms with Crippen molar-refractivity contribution < 1.29 is 4.79 Å². The summed E-state index contributed by atoms with van der Waals surface area (Å²) < 4.78 is 0. The highest BCUT2D eigenvalue weighted by Gasteiger charge is 2.17. The first-order valence-electron chi connectivity index (χ1n) is 8.50. The molecule has 134 valence electrons. The molecule has 1 unspecified atom stereocenters. The summed E-state index contributed by atoms with van der Waals surface area (Å²) in [5.74, 6) is -0.402. The van der Waals surface area contributed by atoms with Crippen molar-refractivity contribution in [3.8, 4) is 0 Å². The molecule has 3 rings (SSSR count). The third-order valence-electron chi connectivity index (χ3n) is 4.30. The van der Waals surface area contributed by atoms with Crippen LogP contribution in [0.4, 0.5) is 0 Å². The molecule has 0 fully saturated rings. The van der Waals surface area contributed by atoms with Crippen LogP contribution in [-0.4, -0.2) is 22.6 Å². The van der Waals surface area contributed by atoms with Gasteiger partial charge in [-0.05, 0) is 48.7 Å². The predicted molar refractivity (Wildman–Crippen MR) is 103 cm³/mol. The van der Waals surface area contributed by atoms with Crippen molar-refractivity contribution in [1.29, 1.82) is 0 Å². The first-order chi connectivity index (χ1) is 12.6. The highest BCUT2D eigenvalue weighted by Crippen LogP contribution is 2.27. The second-order valence-electron chi connectivity index (χ2n) is 6.11. The van der Waals surface area contributed by atoms with Crippen LogP contribution in [0, 0.1) is 0 Å². The van der Waals surface area contributed by atoms with Crippen LogP contribution in [0.5, 0.6) is 0 Å². The number of primary amides is 1. The summed E-state index contributed by atoms with van der Waals surface area (Å²) in [6.45, 7) is 0.818. The molecule has 1 amide bonds. The SMILES string of the molecule is NC(=O)c1ccc(CCCNC(c2cn[nH]c2)c2ccccc2Cl)cc1. The molecule has 0 radical (unpaired) electrons. The van der Waals surface area contributed by atoms with Crippen molar-refractivity contribution >= 4 is 17.5 Å². The zero-order valence-electron chi connectivity index (χ0n) is 14.3. The molecule has 0 bridgehead atoms. The summed E-state index contributed by atoms with van der Waals surface area (Å²) >= 11 is 6.38. The lowest BCUT2D eigenvalue weighted by molar-refractivity contribution is 0.100. The highest BCUT2D eigenvalue weighted by molar-refractivity contribution is 6.31. The number of nitrogens with two attached hydrogens (primary N) is 1. The van der Waals surface area contributed by atoms with Crippen molar-refractivity contribution in [2.45, 2.75) is 18.9 Å². The van der Waals surface area contributed by atoms with Crippen molar-refractivity contribution in [1.82, 2.24) is 15.5 Å². The van der Waals surface area contributed by atoms with Crippen molar-refractivity contribution in [3.05, 3.63) is 88.2 Å². The van der Waals surface area contributed by atoms with Crippen LogP contribution in [0.1, 0.15) is 39.5 Å². The van der Waals surface area contributed by atoms with Crippen LogP contribution in [0.15, 0.2) is 60.9 Å². The number of carbonyl (C=O) groups excluding carboxylic acids is 1. The van der Waals surface area contributed by atoms with Gasteiger partial charge in [-0.25, -0.2) is 0 Å². The third-order valence-corrected chi connectivity index (χ3v) is 4.64. The molecule has 26 heavy (non-hydrogen) atoms. The van der Waals surface area contributed by atoms with Gasteiger partial charge < -0.3 is 11.1 Å². The number of nitrogens with zero attached hydrogens (tertiary/aromatic N) is 1. The van der Waals surface area contributed by atoms with E-state index in [9.17, 15) is 4.79 Å². The third kappa shape index (κ3) is 4.50. The number of halogens is 1. The average Bonchev–Trinajstić information content (AvgIpc) is 3.17. The molecule has 1 aromatic heterocycles. The van der Waals surface area contributed by atoms with Crippen LogP contribution in [0.3, 0.4) is 0 Å². The van der Waals surface area contributed by atoms with Gasteiger partial charge in [0.1, 0.15) is 0 Å². The van der Waals surface area contributed by atoms with E-state index in [0.717, 1.165) is 35.5 Å². The van der Waals surface area contributed by atoms with Crippen LogP contribution >= 0.6 is 11.6 Å². The Morgan fingerprint density at radius 3 is 2.62 bits per heavy atom. The topological polar surface area (TPSA) is 83.8 Å². The molecule has 1 heterocycles. The molecule has 0 spiro atoms. The minimum atomic E-state index is -0.402. The first-order valence-corrected chi connectivity index (χ1v) is 8.88. The van der Waals surface area contributed by atoms with Crippen LogP contribution in [0.25, 0.3) is 0 Å². The lowest BCUT2D eigenvalue weighted by Crippen LogP contribution is -2.24. The van der Waals surface area contributed by atoms with Crippen LogP contribution in [0.2, 0.25) is 5.02 Å². The number of H-pyrrole nitrogens is 1. The van der Waals surface area contributed by atoms with Crippen LogP contribution < -0.4 is 11.1 Å². The summed E-state index contributed by atoms with van der Waals surface area (Å²) in [7, 11) is 0. The van der Waals surface area contributed by atoms with E-state index in [2.05, 4.69) is 15.5 Å². The van der Waals surface area contributed by atoms with Gasteiger partial charge in [-0.3, -0.25) is 9.89 Å². The average molecular weight is 369 g/mol. The number of aromatic amines is 1. The molecular formula is C20H21ClN4O. The minimum absolute atomic E-state index is 0.0142. The lowest BCUT2D eigenvalue weighted by atomic mass is 10.0. The van der Waals surface area contributed by atoms with Gasteiger partial charge in [-0.1, -0.05) is 41.9 Å². The normalized spacial score (nSPS) is 12.0. The Balaban J connectivity index is 1.60. The van der Waals surface area contributed by atoms with Crippen LogP contribution in [-0.2, 0) is 6.42 Å². The first kappa shape index (κ1) is 18.2. The number of aromatic nitrogens is 2. The summed E-state index contributed by atoms with van der Waals surface area (Å²) in [5.41, 5.74) is 9.05. The van der Waals surface area contributed by atoms with E-state index in [1.54, 1.807) is 12.1 Å². The molecule has 0 aliphatic rings. The van der Waals surface area contributed by atoms with Gasteiger partial charge in [0.15, 0.2) is 0 Å². The van der Waals surface area contributed by atoms with E-state index >= 15 is 0 Å². The van der Waals surface area contributed by atoms with E-state index in [1.165, 1.54) is 5.56 Å². The number of hydrogen-bond acceptors (Lipinski definition) is 3. The van der Waals surface area contributed by atoms with Gasteiger partial charge >= 0.3 is 0 Å². The fraction of sp³-hybridized carbons (Fsp3) is 0.200. The zero-order valence-corrected chi connectivity index (χ0v) is 15.0. The summed E-state index contributed by atoms with van der Waals surface area (Å²) in [5, 5.41) is 11.2. The fourth-order valence-electron chi connectivity index (χ4n) is 2.91. The number of hydrogen-bond donors (Lipinski definition) is 3. The van der Waals surface area contributed by atoms with Crippen molar-refractivity contribution in [2.75, 3.05) is 6.54 Å². The molecule has 1 atom stereocenters. The summed E-state index contributed by atoms with van der Waals surface area (Å²) in [4.78, 5) is 11.1. The number of nitrogens with one attached hydrogen (secondary N) is 2. The predicted octanol–water partition coefficient (Wildman–Crippen LogP) is 3.47. The second kappa shape index (κ2) is 8.65. The Bertz CT molecular complexity index is 847. The molecule has 3 aromatic rings. The lowest BCUT2D eigenvalue weighted by Gasteiger charge is -2.19. The minimum Gasteiger partial charge on any atom is -0.366 e. The maximum absolute atomic E-state index is 11.1. The zero-order chi connectivity index (χ0) is 18.4. The van der Waals surface area contributed by atoms with Gasteiger partial charge in [0, 0.05) is 22.3 Å². The summed E-state index contributed by atoms with van der Waals surface area (Å²) in [6, 6.07) is 15.2. The smallest absolute Gasteiger partial charge is 0.248 e. The molecule has 5 nitrogen and oxygen atoms in total. The quantitative estimate of drug-likeness (QED) is 0.532. The molecule has 6 heteroatoms. The number of carbonyl (C=O) groups is 1. The van der Waals surface area contributed by atoms with E-state index in [4.69, 9.17) is 17.3 Å². The number of amides is 1. The van der Waals surface area contributed by atoms with E-state index in [0.29, 0.717) is 5.56 Å². The molecule has 0 saturated carbocycles. The fourth-order valence-corrected chi connectivity index (χ4v) is 3.15. The van der Waals surface area contributed by atoms with Crippen molar-refractivity contribution in [3.63, 3.8) is 0 Å². The van der Waals surface area contributed by atoms with Crippen molar-refractivity contribution in [2.24, 2.45) is 5.73 Å². The Morgan fingerprint density at radius 1 is 1.19 bits per heavy atom. The Labute approximate surface area is 157 Å². The van der Waals surface area contributed by atoms with E-state index in [1.807, 2.05) is 48.8 Å². The number of benzene rings is 2. The molecule has 0 aliphatic heterocycles.